The molecule has 0 aromatic heterocycles. The molecule has 4 heteroatoms. The van der Waals surface area contributed by atoms with Gasteiger partial charge in [0.05, 0.1) is 6.10 Å². The molecule has 2 nitrogen and oxygen atoms in total. The minimum atomic E-state index is -0.157. The number of hydrogen-bond acceptors (Lipinski definition) is 2. The Labute approximate surface area is 167 Å². The third-order valence-electron chi connectivity index (χ3n) is 3.73. The van der Waals surface area contributed by atoms with E-state index in [0.29, 0.717) is 0 Å². The van der Waals surface area contributed by atoms with E-state index in [2.05, 4.69) is 63.9 Å². The van der Waals surface area contributed by atoms with E-state index in [9.17, 15) is 0 Å². The van der Waals surface area contributed by atoms with E-state index in [1.165, 1.54) is 68.6 Å². The molecule has 0 aromatic rings. The molecule has 22 heavy (non-hydrogen) atoms. The summed E-state index contributed by atoms with van der Waals surface area (Å²) < 4.78 is 2.16. The van der Waals surface area contributed by atoms with Gasteiger partial charge < -0.3 is 10.0 Å². The fourth-order valence-corrected chi connectivity index (χ4v) is 2.94. The molecule has 0 aromatic carbocycles. The highest BCUT2D eigenvalue weighted by Crippen LogP contribution is 2.10. The lowest BCUT2D eigenvalue weighted by molar-refractivity contribution is 0.150. The first kappa shape index (κ1) is 25.6. The Kier molecular flexibility index (Phi) is 26.1. The van der Waals surface area contributed by atoms with Crippen molar-refractivity contribution in [1.82, 2.24) is 4.90 Å². The highest BCUT2D eigenvalue weighted by atomic mass is 127. The van der Waals surface area contributed by atoms with E-state index < -0.39 is 0 Å². The number of rotatable bonds is 14. The van der Waals surface area contributed by atoms with E-state index in [0.717, 1.165) is 17.5 Å². The van der Waals surface area contributed by atoms with Crippen molar-refractivity contribution in [1.29, 1.82) is 0 Å². The van der Waals surface area contributed by atoms with Gasteiger partial charge in [0, 0.05) is 11.0 Å². The number of alkyl halides is 2. The highest BCUT2D eigenvalue weighted by Gasteiger charge is 2.02. The average molecular weight is 539 g/mol. The molecule has 0 aliphatic rings. The SMILES string of the molecule is CCCCCCCCCCCCI.CCN(C)CC(O)CI. The van der Waals surface area contributed by atoms with Crippen LogP contribution in [-0.4, -0.2) is 45.1 Å². The fourth-order valence-electron chi connectivity index (χ4n) is 2.12. The first-order valence-electron chi connectivity index (χ1n) is 9.10. The molecule has 136 valence electrons. The van der Waals surface area contributed by atoms with Crippen molar-refractivity contribution < 1.29 is 5.11 Å². The minimum Gasteiger partial charge on any atom is -0.391 e. The summed E-state index contributed by atoms with van der Waals surface area (Å²) in [6.07, 6.45) is 14.4. The van der Waals surface area contributed by atoms with Crippen molar-refractivity contribution in [3.8, 4) is 0 Å². The molecule has 0 aliphatic carbocycles. The van der Waals surface area contributed by atoms with Gasteiger partial charge in [-0.1, -0.05) is 117 Å². The van der Waals surface area contributed by atoms with Gasteiger partial charge in [-0.2, -0.15) is 0 Å². The molecule has 0 saturated carbocycles. The van der Waals surface area contributed by atoms with E-state index in [1.54, 1.807) is 0 Å². The number of nitrogens with zero attached hydrogens (tertiary/aromatic N) is 1. The normalized spacial score (nSPS) is 12.1. The molecule has 0 bridgehead atoms. The van der Waals surface area contributed by atoms with Crippen LogP contribution in [-0.2, 0) is 0 Å². The zero-order valence-electron chi connectivity index (χ0n) is 15.1. The molecule has 1 N–H and O–H groups in total. The molecule has 1 unspecified atom stereocenters. The Hall–Kier alpha value is 1.38. The second-order valence-corrected chi connectivity index (χ2v) is 7.99. The first-order valence-corrected chi connectivity index (χ1v) is 12.2. The van der Waals surface area contributed by atoms with Gasteiger partial charge in [-0.3, -0.25) is 0 Å². The van der Waals surface area contributed by atoms with Crippen LogP contribution in [0.3, 0.4) is 0 Å². The van der Waals surface area contributed by atoms with Crippen LogP contribution in [0.2, 0.25) is 0 Å². The maximum atomic E-state index is 9.11. The summed E-state index contributed by atoms with van der Waals surface area (Å²) in [7, 11) is 2.01. The molecule has 0 saturated heterocycles. The van der Waals surface area contributed by atoms with Gasteiger partial charge >= 0.3 is 0 Å². The van der Waals surface area contributed by atoms with Gasteiger partial charge in [0.2, 0.25) is 0 Å². The van der Waals surface area contributed by atoms with Crippen LogP contribution in [0.25, 0.3) is 0 Å². The number of unbranched alkanes of at least 4 members (excludes halogenated alkanes) is 9. The molecule has 0 heterocycles. The Balaban J connectivity index is 0. The second kappa shape index (κ2) is 22.4. The first-order chi connectivity index (χ1) is 10.6. The predicted octanol–water partition coefficient (Wildman–Crippen LogP) is 6.08. The zero-order valence-corrected chi connectivity index (χ0v) is 19.4. The standard InChI is InChI=1S/C12H25I.C6H14INO/c1-2-3-4-5-6-7-8-9-10-11-12-13;1-3-8(2)5-6(9)4-7/h2-12H2,1H3;6,9H,3-5H2,1-2H3. The summed E-state index contributed by atoms with van der Waals surface area (Å²) in [6.45, 7) is 6.16. The number of hydrogen-bond donors (Lipinski definition) is 1. The molecule has 0 aliphatic heterocycles. The number of aliphatic hydroxyl groups is 1. The quantitative estimate of drug-likeness (QED) is 0.165. The number of halogens is 2. The second-order valence-electron chi connectivity index (χ2n) is 6.03. The van der Waals surface area contributed by atoms with Crippen LogP contribution >= 0.6 is 45.2 Å². The molecule has 0 rings (SSSR count). The van der Waals surface area contributed by atoms with Crippen LogP contribution in [0.4, 0.5) is 0 Å². The number of likely N-dealkylation sites (N-methyl/N-ethyl adjacent to an activating group) is 1. The van der Waals surface area contributed by atoms with Gasteiger partial charge in [0.25, 0.3) is 0 Å². The summed E-state index contributed by atoms with van der Waals surface area (Å²) in [4.78, 5) is 2.10. The molecule has 0 spiro atoms. The smallest absolute Gasteiger partial charge is 0.0756 e. The molecular formula is C18H39I2NO. The minimum absolute atomic E-state index is 0.157. The summed E-state index contributed by atoms with van der Waals surface area (Å²) in [5.41, 5.74) is 0. The summed E-state index contributed by atoms with van der Waals surface area (Å²) in [6, 6.07) is 0. The topological polar surface area (TPSA) is 23.5 Å². The van der Waals surface area contributed by atoms with E-state index in [1.807, 2.05) is 7.05 Å². The van der Waals surface area contributed by atoms with Crippen molar-refractivity contribution in [2.75, 3.05) is 29.0 Å². The lowest BCUT2D eigenvalue weighted by atomic mass is 10.1. The summed E-state index contributed by atoms with van der Waals surface area (Å²) >= 11 is 4.66. The van der Waals surface area contributed by atoms with Crippen molar-refractivity contribution in [3.63, 3.8) is 0 Å². The van der Waals surface area contributed by atoms with Gasteiger partial charge in [0.1, 0.15) is 0 Å². The lowest BCUT2D eigenvalue weighted by Gasteiger charge is -2.16. The van der Waals surface area contributed by atoms with Gasteiger partial charge in [-0.25, -0.2) is 0 Å². The maximum Gasteiger partial charge on any atom is 0.0756 e. The molecule has 0 radical (unpaired) electrons. The third-order valence-corrected chi connectivity index (χ3v) is 5.51. The maximum absolute atomic E-state index is 9.11. The van der Waals surface area contributed by atoms with Gasteiger partial charge in [-0.05, 0) is 24.4 Å². The Morgan fingerprint density at radius 1 is 0.818 bits per heavy atom. The Bertz CT molecular complexity index is 176. The van der Waals surface area contributed by atoms with Crippen LogP contribution < -0.4 is 0 Å². The summed E-state index contributed by atoms with van der Waals surface area (Å²) in [5.74, 6) is 0. The lowest BCUT2D eigenvalue weighted by Crippen LogP contribution is -2.29. The van der Waals surface area contributed by atoms with Crippen molar-refractivity contribution >= 4 is 45.2 Å². The predicted molar refractivity (Wildman–Crippen MR) is 119 cm³/mol. The molecule has 0 fully saturated rings. The molecule has 1 atom stereocenters. The van der Waals surface area contributed by atoms with Gasteiger partial charge in [-0.15, -0.1) is 0 Å². The van der Waals surface area contributed by atoms with Crippen molar-refractivity contribution in [3.05, 3.63) is 0 Å². The largest absolute Gasteiger partial charge is 0.391 e. The molecular weight excluding hydrogens is 500 g/mol. The van der Waals surface area contributed by atoms with Crippen LogP contribution in [0.1, 0.15) is 78.1 Å². The monoisotopic (exact) mass is 539 g/mol. The van der Waals surface area contributed by atoms with Crippen molar-refractivity contribution in [2.24, 2.45) is 0 Å². The Morgan fingerprint density at radius 2 is 1.27 bits per heavy atom. The van der Waals surface area contributed by atoms with Crippen molar-refractivity contribution in [2.45, 2.75) is 84.2 Å². The fraction of sp³-hybridized carbons (Fsp3) is 1.00. The van der Waals surface area contributed by atoms with Gasteiger partial charge in [0.15, 0.2) is 0 Å². The third kappa shape index (κ3) is 23.6. The Morgan fingerprint density at radius 3 is 1.64 bits per heavy atom. The van der Waals surface area contributed by atoms with Crippen LogP contribution in [0, 0.1) is 0 Å². The van der Waals surface area contributed by atoms with Crippen LogP contribution in [0.5, 0.6) is 0 Å². The molecule has 0 amide bonds. The average Bonchev–Trinajstić information content (AvgIpc) is 2.53. The van der Waals surface area contributed by atoms with E-state index in [-0.39, 0.29) is 6.10 Å². The van der Waals surface area contributed by atoms with E-state index in [4.69, 9.17) is 5.11 Å². The summed E-state index contributed by atoms with van der Waals surface area (Å²) in [5, 5.41) is 9.11. The zero-order chi connectivity index (χ0) is 17.1. The number of aliphatic hydroxyl groups excluding tert-OH is 1. The van der Waals surface area contributed by atoms with E-state index >= 15 is 0 Å². The highest BCUT2D eigenvalue weighted by molar-refractivity contribution is 14.1. The van der Waals surface area contributed by atoms with Crippen LogP contribution in [0.15, 0.2) is 0 Å².